The Kier molecular flexibility index (Phi) is 5.69. The van der Waals surface area contributed by atoms with E-state index in [0.717, 1.165) is 10.0 Å². The number of hydrogen-bond donors (Lipinski definition) is 1. The lowest BCUT2D eigenvalue weighted by Gasteiger charge is -2.06. The summed E-state index contributed by atoms with van der Waals surface area (Å²) < 4.78 is 5.61. The Balaban J connectivity index is 2.38. The van der Waals surface area contributed by atoms with Crippen LogP contribution in [-0.2, 0) is 20.9 Å². The number of ether oxygens (including phenoxy) is 1. The second kappa shape index (κ2) is 7.06. The van der Waals surface area contributed by atoms with E-state index in [1.165, 1.54) is 0 Å². The average molecular weight is 300 g/mol. The molecule has 0 bridgehead atoms. The van der Waals surface area contributed by atoms with Gasteiger partial charge >= 0.3 is 5.97 Å². The molecule has 5 heteroatoms. The Hall–Kier alpha value is -1.36. The van der Waals surface area contributed by atoms with E-state index in [9.17, 15) is 9.59 Å². The molecule has 0 saturated carbocycles. The molecule has 0 heterocycles. The number of halogens is 1. The first kappa shape index (κ1) is 13.7. The molecule has 1 N–H and O–H groups in total. The molecule has 0 saturated heterocycles. The topological polar surface area (TPSA) is 55.4 Å². The number of carbonyl (C=O) groups is 2. The first-order chi connectivity index (χ1) is 8.13. The fourth-order valence-corrected chi connectivity index (χ4v) is 1.67. The minimum Gasteiger partial charge on any atom is -0.466 e. The summed E-state index contributed by atoms with van der Waals surface area (Å²) in [6.45, 7) is 2.38. The lowest BCUT2D eigenvalue weighted by Crippen LogP contribution is -2.26. The van der Waals surface area contributed by atoms with Crippen molar-refractivity contribution in [1.82, 2.24) is 5.32 Å². The quantitative estimate of drug-likeness (QED) is 0.668. The monoisotopic (exact) mass is 299 g/mol. The summed E-state index contributed by atoms with van der Waals surface area (Å²) in [4.78, 5) is 22.4. The third-order valence-electron chi connectivity index (χ3n) is 2.04. The van der Waals surface area contributed by atoms with Crippen LogP contribution in [0.15, 0.2) is 28.7 Å². The van der Waals surface area contributed by atoms with Gasteiger partial charge in [0.2, 0.25) is 5.91 Å². The standard InChI is InChI=1S/C12H14BrNO3/c1-2-17-12(16)7-11(15)14-8-9-5-3-4-6-10(9)13/h3-6H,2,7-8H2,1H3,(H,14,15). The van der Waals surface area contributed by atoms with Crippen LogP contribution >= 0.6 is 15.9 Å². The highest BCUT2D eigenvalue weighted by Crippen LogP contribution is 2.15. The Labute approximate surface area is 108 Å². The van der Waals surface area contributed by atoms with Gasteiger partial charge in [-0.25, -0.2) is 0 Å². The molecule has 1 amide bonds. The highest BCUT2D eigenvalue weighted by atomic mass is 79.9. The summed E-state index contributed by atoms with van der Waals surface area (Å²) in [7, 11) is 0. The summed E-state index contributed by atoms with van der Waals surface area (Å²) in [5.41, 5.74) is 0.963. The van der Waals surface area contributed by atoms with Crippen LogP contribution in [0, 0.1) is 0 Å². The molecule has 1 aromatic carbocycles. The molecule has 0 fully saturated rings. The zero-order valence-corrected chi connectivity index (χ0v) is 11.1. The number of hydrogen-bond acceptors (Lipinski definition) is 3. The fourth-order valence-electron chi connectivity index (χ4n) is 1.24. The van der Waals surface area contributed by atoms with Crippen molar-refractivity contribution in [2.45, 2.75) is 19.9 Å². The first-order valence-electron chi connectivity index (χ1n) is 5.29. The molecule has 0 aliphatic rings. The van der Waals surface area contributed by atoms with Crippen LogP contribution in [0.4, 0.5) is 0 Å². The van der Waals surface area contributed by atoms with E-state index in [1.54, 1.807) is 6.92 Å². The highest BCUT2D eigenvalue weighted by molar-refractivity contribution is 9.10. The average Bonchev–Trinajstić information content (AvgIpc) is 2.28. The summed E-state index contributed by atoms with van der Waals surface area (Å²) in [6, 6.07) is 7.58. The fraction of sp³-hybridized carbons (Fsp3) is 0.333. The Morgan fingerprint density at radius 1 is 1.35 bits per heavy atom. The van der Waals surface area contributed by atoms with Crippen LogP contribution in [0.1, 0.15) is 18.9 Å². The van der Waals surface area contributed by atoms with E-state index in [2.05, 4.69) is 26.0 Å². The van der Waals surface area contributed by atoms with Gasteiger partial charge in [0.25, 0.3) is 0 Å². The summed E-state index contributed by atoms with van der Waals surface area (Å²) >= 11 is 3.38. The van der Waals surface area contributed by atoms with Gasteiger partial charge in [-0.05, 0) is 18.6 Å². The SMILES string of the molecule is CCOC(=O)CC(=O)NCc1ccccc1Br. The normalized spacial score (nSPS) is 9.76. The van der Waals surface area contributed by atoms with Crippen molar-refractivity contribution >= 4 is 27.8 Å². The largest absolute Gasteiger partial charge is 0.466 e. The van der Waals surface area contributed by atoms with Crippen molar-refractivity contribution in [3.8, 4) is 0 Å². The molecule has 0 aliphatic heterocycles. The van der Waals surface area contributed by atoms with Crippen LogP contribution in [-0.4, -0.2) is 18.5 Å². The van der Waals surface area contributed by atoms with E-state index >= 15 is 0 Å². The van der Waals surface area contributed by atoms with Gasteiger partial charge in [-0.2, -0.15) is 0 Å². The van der Waals surface area contributed by atoms with E-state index in [0.29, 0.717) is 6.54 Å². The second-order valence-electron chi connectivity index (χ2n) is 3.35. The molecule has 0 aromatic heterocycles. The van der Waals surface area contributed by atoms with Gasteiger partial charge in [0, 0.05) is 11.0 Å². The lowest BCUT2D eigenvalue weighted by atomic mass is 10.2. The molecule has 17 heavy (non-hydrogen) atoms. The van der Waals surface area contributed by atoms with Crippen molar-refractivity contribution in [2.24, 2.45) is 0 Å². The maximum absolute atomic E-state index is 11.4. The third kappa shape index (κ3) is 4.99. The van der Waals surface area contributed by atoms with E-state index in [1.807, 2.05) is 24.3 Å². The second-order valence-corrected chi connectivity index (χ2v) is 4.20. The number of carbonyl (C=O) groups excluding carboxylic acids is 2. The van der Waals surface area contributed by atoms with Crippen LogP contribution < -0.4 is 5.32 Å². The predicted molar refractivity (Wildman–Crippen MR) is 67.2 cm³/mol. The van der Waals surface area contributed by atoms with Gasteiger partial charge < -0.3 is 10.1 Å². The Bertz CT molecular complexity index is 406. The Morgan fingerprint density at radius 3 is 2.71 bits per heavy atom. The van der Waals surface area contributed by atoms with Crippen LogP contribution in [0.25, 0.3) is 0 Å². The molecule has 4 nitrogen and oxygen atoms in total. The van der Waals surface area contributed by atoms with Gasteiger partial charge in [0.05, 0.1) is 6.61 Å². The number of amides is 1. The number of rotatable bonds is 5. The molecule has 1 aromatic rings. The summed E-state index contributed by atoms with van der Waals surface area (Å²) in [5.74, 6) is -0.837. The van der Waals surface area contributed by atoms with Gasteiger partial charge in [0.15, 0.2) is 0 Å². The molecule has 1 rings (SSSR count). The van der Waals surface area contributed by atoms with Gasteiger partial charge in [-0.1, -0.05) is 34.1 Å². The van der Waals surface area contributed by atoms with Crippen molar-refractivity contribution < 1.29 is 14.3 Å². The first-order valence-corrected chi connectivity index (χ1v) is 6.08. The zero-order chi connectivity index (χ0) is 12.7. The van der Waals surface area contributed by atoms with Gasteiger partial charge in [-0.3, -0.25) is 9.59 Å². The molecule has 0 unspecified atom stereocenters. The third-order valence-corrected chi connectivity index (χ3v) is 2.82. The Morgan fingerprint density at radius 2 is 2.06 bits per heavy atom. The van der Waals surface area contributed by atoms with E-state index in [-0.39, 0.29) is 18.9 Å². The minimum absolute atomic E-state index is 0.238. The highest BCUT2D eigenvalue weighted by Gasteiger charge is 2.09. The van der Waals surface area contributed by atoms with Crippen molar-refractivity contribution in [2.75, 3.05) is 6.61 Å². The maximum Gasteiger partial charge on any atom is 0.315 e. The van der Waals surface area contributed by atoms with Crippen molar-refractivity contribution in [1.29, 1.82) is 0 Å². The van der Waals surface area contributed by atoms with Crippen LogP contribution in [0.2, 0.25) is 0 Å². The van der Waals surface area contributed by atoms with Crippen LogP contribution in [0.3, 0.4) is 0 Å². The van der Waals surface area contributed by atoms with Crippen LogP contribution in [0.5, 0.6) is 0 Å². The van der Waals surface area contributed by atoms with E-state index in [4.69, 9.17) is 0 Å². The number of nitrogens with one attached hydrogen (secondary N) is 1. The smallest absolute Gasteiger partial charge is 0.315 e. The van der Waals surface area contributed by atoms with Gasteiger partial charge in [0.1, 0.15) is 6.42 Å². The molecule has 0 atom stereocenters. The maximum atomic E-state index is 11.4. The molecule has 0 spiro atoms. The lowest BCUT2D eigenvalue weighted by molar-refractivity contribution is -0.146. The predicted octanol–water partition coefficient (Wildman–Crippen LogP) is 2.02. The molecule has 0 radical (unpaired) electrons. The molecular formula is C12H14BrNO3. The van der Waals surface area contributed by atoms with E-state index < -0.39 is 5.97 Å². The van der Waals surface area contributed by atoms with Crippen molar-refractivity contribution in [3.05, 3.63) is 34.3 Å². The van der Waals surface area contributed by atoms with Crippen molar-refractivity contribution in [3.63, 3.8) is 0 Å². The summed E-state index contributed by atoms with van der Waals surface area (Å²) in [6.07, 6.45) is -0.238. The van der Waals surface area contributed by atoms with Gasteiger partial charge in [-0.15, -0.1) is 0 Å². The minimum atomic E-state index is -0.503. The zero-order valence-electron chi connectivity index (χ0n) is 9.53. The molecular weight excluding hydrogens is 286 g/mol. The number of esters is 1. The molecule has 0 aliphatic carbocycles. The molecule has 92 valence electrons. The number of benzene rings is 1. The summed E-state index contributed by atoms with van der Waals surface area (Å²) in [5, 5.41) is 2.66.